The van der Waals surface area contributed by atoms with E-state index in [1.807, 2.05) is 73.3 Å². The molecule has 4 aliphatic heterocycles. The average Bonchev–Trinajstić information content (AvgIpc) is 4.20. The smallest absolute Gasteiger partial charge is 0.260 e. The first kappa shape index (κ1) is 58.2. The van der Waals surface area contributed by atoms with Crippen molar-refractivity contribution in [2.45, 2.75) is 128 Å². The Kier molecular flexibility index (Phi) is 18.1. The number of aliphatic hydroxyl groups is 1. The molecule has 5 amide bonds. The third kappa shape index (κ3) is 13.3. The molecular formula is C61H71N7O11S2. The van der Waals surface area contributed by atoms with Crippen molar-refractivity contribution >= 4 is 85.3 Å². The zero-order chi connectivity index (χ0) is 57.7. The van der Waals surface area contributed by atoms with Gasteiger partial charge in [0.05, 0.1) is 48.8 Å². The van der Waals surface area contributed by atoms with E-state index in [0.717, 1.165) is 41.1 Å². The molecule has 0 radical (unpaired) electrons. The third-order valence-corrected chi connectivity index (χ3v) is 18.3. The van der Waals surface area contributed by atoms with E-state index in [1.54, 1.807) is 76.7 Å². The molecular weight excluding hydrogens is 1070 g/mol. The molecule has 5 aromatic rings. The largest absolute Gasteiger partial charge is 0.493 e. The number of carbonyl (C=O) groups excluding carboxylic acids is 6. The van der Waals surface area contributed by atoms with Gasteiger partial charge in [0, 0.05) is 59.1 Å². The predicted molar refractivity (Wildman–Crippen MR) is 317 cm³/mol. The van der Waals surface area contributed by atoms with Crippen LogP contribution in [0.3, 0.4) is 0 Å². The van der Waals surface area contributed by atoms with Crippen molar-refractivity contribution in [2.75, 3.05) is 52.3 Å². The van der Waals surface area contributed by atoms with Crippen LogP contribution in [0.2, 0.25) is 0 Å². The van der Waals surface area contributed by atoms with Gasteiger partial charge in [-0.1, -0.05) is 71.8 Å². The fourth-order valence-electron chi connectivity index (χ4n) is 10.6. The number of fused-ring (bicyclic) bond motifs is 8. The number of aliphatic hydroxyl groups excluding tert-OH is 1. The number of nitrogens with one attached hydrogen (secondary N) is 5. The maximum Gasteiger partial charge on any atom is 0.260 e. The summed E-state index contributed by atoms with van der Waals surface area (Å²) in [6.07, 6.45) is 2.22. The van der Waals surface area contributed by atoms with Crippen molar-refractivity contribution in [2.24, 2.45) is 5.92 Å². The molecule has 5 aromatic carbocycles. The number of methoxy groups -OCH3 is 2. The highest BCUT2D eigenvalue weighted by Crippen LogP contribution is 2.44. The van der Waals surface area contributed by atoms with Gasteiger partial charge >= 0.3 is 0 Å². The number of carbonyl (C=O) groups is 6. The summed E-state index contributed by atoms with van der Waals surface area (Å²) in [5, 5.41) is 26.7. The van der Waals surface area contributed by atoms with E-state index in [2.05, 4.69) is 40.4 Å². The number of hydrogen-bond donors (Lipinski definition) is 6. The minimum Gasteiger partial charge on any atom is -0.493 e. The molecule has 4 heterocycles. The lowest BCUT2D eigenvalue weighted by Crippen LogP contribution is -2.53. The zero-order valence-corrected chi connectivity index (χ0v) is 48.6. The summed E-state index contributed by atoms with van der Waals surface area (Å²) in [5.41, 5.74) is 6.99. The molecule has 0 spiro atoms. The second-order valence-electron chi connectivity index (χ2n) is 21.9. The molecule has 81 heavy (non-hydrogen) atoms. The second-order valence-corrected chi connectivity index (χ2v) is 25.0. The van der Waals surface area contributed by atoms with E-state index < -0.39 is 36.2 Å². The van der Waals surface area contributed by atoms with Gasteiger partial charge in [-0.25, -0.2) is 0 Å². The van der Waals surface area contributed by atoms with Crippen LogP contribution in [0.15, 0.2) is 91.0 Å². The Morgan fingerprint density at radius 2 is 1.33 bits per heavy atom. The number of nitrogens with zero attached hydrogens (tertiary/aromatic N) is 2. The van der Waals surface area contributed by atoms with E-state index in [0.29, 0.717) is 76.6 Å². The number of anilines is 5. The highest BCUT2D eigenvalue weighted by molar-refractivity contribution is 8.77. The summed E-state index contributed by atoms with van der Waals surface area (Å²) in [6.45, 7) is 11.4. The van der Waals surface area contributed by atoms with Gasteiger partial charge in [-0.15, -0.1) is 0 Å². The molecule has 0 bridgehead atoms. The summed E-state index contributed by atoms with van der Waals surface area (Å²) in [7, 11) is 6.34. The number of para-hydroxylation sites is 2. The van der Waals surface area contributed by atoms with Gasteiger partial charge in [-0.3, -0.25) is 24.0 Å². The molecule has 0 aliphatic carbocycles. The van der Waals surface area contributed by atoms with E-state index >= 15 is 0 Å². The standard InChI is InChI=1S/C61H71N7O11S2/c1-34(2)55(66-54(70)19-20-61(5,6)81-80-21-13-14-35(3)69)58(73)63-36(4)56(71)64-41-23-37(32-78-52-29-45-43(27-50(52)76-7)59(74)67-42(31-62-45)25-39-15-9-11-17-47(39)67)22-38(24-41)33-79-53-30-46-44(28-51(53)77-8)60(75)68-48-18-12-10-16-40(48)26-49(68)57(72)65-46/h9-12,15-18,22-24,27-30,34,36,42,49,55,57,62,65,72H,13-14,19-21,25-26,31-33H2,1-8H3,(H,63,73)(H,64,71)(H,66,70)/t36-,42-,49-,55-,57?/m0/s1. The van der Waals surface area contributed by atoms with Gasteiger partial charge < -0.3 is 65.2 Å². The fourth-order valence-corrected chi connectivity index (χ4v) is 13.3. The van der Waals surface area contributed by atoms with Gasteiger partial charge in [-0.05, 0) is 124 Å². The number of hydrogen-bond acceptors (Lipinski definition) is 15. The van der Waals surface area contributed by atoms with Crippen molar-refractivity contribution in [3.63, 3.8) is 0 Å². The molecule has 5 atom stereocenters. The van der Waals surface area contributed by atoms with Gasteiger partial charge in [0.2, 0.25) is 17.7 Å². The SMILES string of the molecule is COc1cc2c(cc1OCc1cc(COc3cc4c(cc3OC)C(=O)N3c5ccccc5C[C@H]3C(O)N4)cc(NC(=O)[C@H](C)NC(=O)[C@@H](NC(=O)CCC(C)(C)SSCCCC(C)=O)C(C)C)c1)NC[C@@H]1Cc3ccccc3N1C2=O. The highest BCUT2D eigenvalue weighted by atomic mass is 33.1. The summed E-state index contributed by atoms with van der Waals surface area (Å²) in [4.78, 5) is 84.3. The third-order valence-electron chi connectivity index (χ3n) is 14.9. The van der Waals surface area contributed by atoms with Crippen LogP contribution in [0.1, 0.15) is 110 Å². The van der Waals surface area contributed by atoms with Crippen LogP contribution < -0.4 is 55.3 Å². The van der Waals surface area contributed by atoms with Gasteiger partial charge in [-0.2, -0.15) is 0 Å². The Bertz CT molecular complexity index is 3230. The molecule has 0 fully saturated rings. The molecule has 6 N–H and O–H groups in total. The highest BCUT2D eigenvalue weighted by Gasteiger charge is 2.43. The zero-order valence-electron chi connectivity index (χ0n) is 46.9. The minimum atomic E-state index is -1.09. The van der Waals surface area contributed by atoms with Gasteiger partial charge in [0.15, 0.2) is 23.0 Å². The van der Waals surface area contributed by atoms with E-state index in [4.69, 9.17) is 18.9 Å². The van der Waals surface area contributed by atoms with E-state index in [1.165, 1.54) is 14.2 Å². The molecule has 428 valence electrons. The van der Waals surface area contributed by atoms with Crippen molar-refractivity contribution in [1.82, 2.24) is 10.6 Å². The van der Waals surface area contributed by atoms with Gasteiger partial charge in [0.1, 0.15) is 37.3 Å². The molecule has 1 unspecified atom stereocenters. The second kappa shape index (κ2) is 25.2. The van der Waals surface area contributed by atoms with E-state index in [-0.39, 0.29) is 71.3 Å². The Morgan fingerprint density at radius 3 is 1.96 bits per heavy atom. The minimum absolute atomic E-state index is 0.0211. The van der Waals surface area contributed by atoms with Crippen LogP contribution in [0, 0.1) is 5.92 Å². The lowest BCUT2D eigenvalue weighted by atomic mass is 10.0. The number of ketones is 1. The maximum absolute atomic E-state index is 14.2. The Morgan fingerprint density at radius 1 is 0.741 bits per heavy atom. The van der Waals surface area contributed by atoms with E-state index in [9.17, 15) is 33.9 Å². The Labute approximate surface area is 480 Å². The van der Waals surface area contributed by atoms with Crippen LogP contribution in [0.5, 0.6) is 23.0 Å². The number of benzene rings is 5. The predicted octanol–water partition coefficient (Wildman–Crippen LogP) is 9.07. The van der Waals surface area contributed by atoms with Gasteiger partial charge in [0.25, 0.3) is 11.8 Å². The Hall–Kier alpha value is -7.42. The van der Waals surface area contributed by atoms with Crippen molar-refractivity contribution in [1.29, 1.82) is 0 Å². The monoisotopic (exact) mass is 1140 g/mol. The van der Waals surface area contributed by atoms with Crippen molar-refractivity contribution in [3.8, 4) is 23.0 Å². The summed E-state index contributed by atoms with van der Waals surface area (Å²) in [5.74, 6) is 0.227. The quantitative estimate of drug-likeness (QED) is 0.0265. The Balaban J connectivity index is 0.921. The van der Waals surface area contributed by atoms with Crippen molar-refractivity contribution < 1.29 is 52.8 Å². The molecule has 4 aliphatic rings. The maximum atomic E-state index is 14.2. The van der Waals surface area contributed by atoms with Crippen LogP contribution in [-0.4, -0.2) is 102 Å². The average molecular weight is 1140 g/mol. The summed E-state index contributed by atoms with van der Waals surface area (Å²) < 4.78 is 24.3. The van der Waals surface area contributed by atoms with Crippen LogP contribution in [0.4, 0.5) is 28.4 Å². The summed E-state index contributed by atoms with van der Waals surface area (Å²) in [6, 6.07) is 25.0. The van der Waals surface area contributed by atoms with Crippen LogP contribution in [0.25, 0.3) is 0 Å². The topological polar surface area (TPSA) is 226 Å². The molecule has 0 saturated heterocycles. The summed E-state index contributed by atoms with van der Waals surface area (Å²) >= 11 is 0. The first-order valence-corrected chi connectivity index (χ1v) is 29.7. The number of ether oxygens (including phenoxy) is 4. The van der Waals surface area contributed by atoms with Crippen LogP contribution >= 0.6 is 21.6 Å². The number of amides is 5. The number of Topliss-reactive ketones (excluding diaryl/α,β-unsaturated/α-hetero) is 1. The molecule has 0 saturated carbocycles. The lowest BCUT2D eigenvalue weighted by molar-refractivity contribution is -0.131. The molecule has 18 nitrogen and oxygen atoms in total. The first-order valence-electron chi connectivity index (χ1n) is 27.4. The normalized spacial score (nSPS) is 17.5. The van der Waals surface area contributed by atoms with Crippen LogP contribution in [-0.2, 0) is 45.2 Å². The molecule has 9 rings (SSSR count). The van der Waals surface area contributed by atoms with Crippen molar-refractivity contribution in [3.05, 3.63) is 124 Å². The first-order chi connectivity index (χ1) is 38.8. The lowest BCUT2D eigenvalue weighted by Gasteiger charge is -2.26. The fraction of sp³-hybridized carbons (Fsp3) is 0.410. The molecule has 20 heteroatoms. The number of rotatable bonds is 23. The molecule has 0 aromatic heterocycles.